The summed E-state index contributed by atoms with van der Waals surface area (Å²) in [5.74, 6) is -0.625. The van der Waals surface area contributed by atoms with E-state index in [1.807, 2.05) is 39.8 Å². The normalized spacial score (nSPS) is 31.4. The van der Waals surface area contributed by atoms with E-state index < -0.39 is 19.2 Å². The SMILES string of the molecule is COC(=O)[C@H]1[C@H](P(=O)(OC(C)C)OC(C)C)[C@@H]2C=C[C@H]1C2. The summed E-state index contributed by atoms with van der Waals surface area (Å²) in [6.45, 7) is 7.30. The maximum atomic E-state index is 13.4. The van der Waals surface area contributed by atoms with E-state index in [2.05, 4.69) is 0 Å². The van der Waals surface area contributed by atoms with Crippen molar-refractivity contribution < 1.29 is 23.1 Å². The molecule has 0 unspecified atom stereocenters. The molecule has 4 atom stereocenters. The van der Waals surface area contributed by atoms with Crippen molar-refractivity contribution in [3.8, 4) is 0 Å². The van der Waals surface area contributed by atoms with E-state index >= 15 is 0 Å². The van der Waals surface area contributed by atoms with Crippen LogP contribution in [0.1, 0.15) is 34.1 Å². The number of ether oxygens (including phenoxy) is 1. The number of fused-ring (bicyclic) bond motifs is 2. The Kier molecular flexibility index (Phi) is 4.96. The van der Waals surface area contributed by atoms with Gasteiger partial charge in [0.05, 0.1) is 30.9 Å². The summed E-state index contributed by atoms with van der Waals surface area (Å²) < 4.78 is 29.7. The maximum absolute atomic E-state index is 13.4. The Morgan fingerprint density at radius 1 is 1.10 bits per heavy atom. The van der Waals surface area contributed by atoms with Gasteiger partial charge in [-0.1, -0.05) is 12.2 Å². The van der Waals surface area contributed by atoms with Crippen LogP contribution < -0.4 is 0 Å². The topological polar surface area (TPSA) is 61.8 Å². The Hall–Kier alpha value is -0.640. The zero-order chi connectivity index (χ0) is 15.8. The van der Waals surface area contributed by atoms with Crippen LogP contribution in [0, 0.1) is 17.8 Å². The fourth-order valence-electron chi connectivity index (χ4n) is 3.43. The van der Waals surface area contributed by atoms with Gasteiger partial charge in [-0.3, -0.25) is 9.36 Å². The molecule has 0 aromatic heterocycles. The molecule has 2 rings (SSSR count). The summed E-state index contributed by atoms with van der Waals surface area (Å²) in [4.78, 5) is 12.1. The Morgan fingerprint density at radius 2 is 1.62 bits per heavy atom. The van der Waals surface area contributed by atoms with Gasteiger partial charge < -0.3 is 13.8 Å². The van der Waals surface area contributed by atoms with Crippen molar-refractivity contribution in [3.63, 3.8) is 0 Å². The van der Waals surface area contributed by atoms with E-state index in [1.54, 1.807) is 0 Å². The highest BCUT2D eigenvalue weighted by Gasteiger charge is 2.58. The number of esters is 1. The molecular weight excluding hydrogens is 291 g/mol. The molecule has 0 aromatic rings. The van der Waals surface area contributed by atoms with Crippen LogP contribution in [0.3, 0.4) is 0 Å². The van der Waals surface area contributed by atoms with Crippen molar-refractivity contribution >= 4 is 13.6 Å². The summed E-state index contributed by atoms with van der Waals surface area (Å²) in [7, 11) is -2.03. The van der Waals surface area contributed by atoms with Crippen LogP contribution in [-0.2, 0) is 23.1 Å². The Bertz CT molecular complexity index is 457. The van der Waals surface area contributed by atoms with Crippen LogP contribution in [0.25, 0.3) is 0 Å². The summed E-state index contributed by atoms with van der Waals surface area (Å²) in [5, 5.41) is 0. The van der Waals surface area contributed by atoms with Crippen molar-refractivity contribution in [1.82, 2.24) is 0 Å². The third kappa shape index (κ3) is 3.25. The monoisotopic (exact) mass is 316 g/mol. The van der Waals surface area contributed by atoms with Gasteiger partial charge in [0, 0.05) is 0 Å². The molecule has 0 spiro atoms. The first-order valence-corrected chi connectivity index (χ1v) is 9.12. The zero-order valence-electron chi connectivity index (χ0n) is 13.3. The average molecular weight is 316 g/mol. The lowest BCUT2D eigenvalue weighted by Crippen LogP contribution is -2.35. The standard InChI is InChI=1S/C15H25O5P/c1-9(2)19-21(17,20-10(3)4)14-12-7-6-11(8-12)13(14)15(16)18-5/h6-7,9-14H,8H2,1-5H3/t11-,12+,13+,14+/m0/s1. The molecule has 5 nitrogen and oxygen atoms in total. The van der Waals surface area contributed by atoms with Gasteiger partial charge in [0.1, 0.15) is 0 Å². The Labute approximate surface area is 126 Å². The molecule has 0 aliphatic heterocycles. The lowest BCUT2D eigenvalue weighted by Gasteiger charge is -2.34. The van der Waals surface area contributed by atoms with Crippen LogP contribution >= 0.6 is 7.60 Å². The first kappa shape index (κ1) is 16.7. The highest BCUT2D eigenvalue weighted by molar-refractivity contribution is 7.54. The second-order valence-corrected chi connectivity index (χ2v) is 8.43. The van der Waals surface area contributed by atoms with Crippen LogP contribution in [0.15, 0.2) is 12.2 Å². The van der Waals surface area contributed by atoms with Crippen molar-refractivity contribution in [2.45, 2.75) is 52.0 Å². The van der Waals surface area contributed by atoms with Gasteiger partial charge >= 0.3 is 13.6 Å². The molecule has 1 fully saturated rings. The lowest BCUT2D eigenvalue weighted by molar-refractivity contribution is -0.146. The van der Waals surface area contributed by atoms with Crippen LogP contribution in [0.5, 0.6) is 0 Å². The predicted molar refractivity (Wildman–Crippen MR) is 80.1 cm³/mol. The first-order valence-electron chi connectivity index (χ1n) is 7.51. The lowest BCUT2D eigenvalue weighted by atomic mass is 9.93. The van der Waals surface area contributed by atoms with Crippen molar-refractivity contribution in [1.29, 1.82) is 0 Å². The molecule has 1 saturated carbocycles. The van der Waals surface area contributed by atoms with Crippen LogP contribution in [-0.4, -0.2) is 30.9 Å². The second kappa shape index (κ2) is 6.23. The number of methoxy groups -OCH3 is 1. The minimum absolute atomic E-state index is 0.0578. The third-order valence-electron chi connectivity index (χ3n) is 3.97. The molecule has 0 aromatic carbocycles. The van der Waals surface area contributed by atoms with E-state index in [0.717, 1.165) is 6.42 Å². The van der Waals surface area contributed by atoms with E-state index in [9.17, 15) is 9.36 Å². The highest BCUT2D eigenvalue weighted by Crippen LogP contribution is 2.66. The zero-order valence-corrected chi connectivity index (χ0v) is 14.2. The molecule has 0 heterocycles. The molecule has 0 N–H and O–H groups in total. The number of rotatable bonds is 6. The number of allylic oxidation sites excluding steroid dienone is 2. The van der Waals surface area contributed by atoms with Gasteiger partial charge in [-0.2, -0.15) is 0 Å². The minimum Gasteiger partial charge on any atom is -0.469 e. The van der Waals surface area contributed by atoms with Gasteiger partial charge in [0.15, 0.2) is 0 Å². The number of carbonyl (C=O) groups is 1. The quantitative estimate of drug-likeness (QED) is 0.427. The fourth-order valence-corrected chi connectivity index (χ4v) is 6.36. The second-order valence-electron chi connectivity index (χ2n) is 6.34. The summed E-state index contributed by atoms with van der Waals surface area (Å²) in [5.41, 5.74) is -0.440. The molecule has 0 radical (unpaired) electrons. The van der Waals surface area contributed by atoms with Gasteiger partial charge in [-0.15, -0.1) is 0 Å². The molecule has 0 amide bonds. The molecule has 21 heavy (non-hydrogen) atoms. The Morgan fingerprint density at radius 3 is 2.10 bits per heavy atom. The molecule has 2 aliphatic carbocycles. The maximum Gasteiger partial charge on any atom is 0.335 e. The van der Waals surface area contributed by atoms with Gasteiger partial charge in [-0.25, -0.2) is 0 Å². The molecule has 2 bridgehead atoms. The fraction of sp³-hybridized carbons (Fsp3) is 0.800. The van der Waals surface area contributed by atoms with Gasteiger partial charge in [0.25, 0.3) is 0 Å². The van der Waals surface area contributed by atoms with E-state index in [1.165, 1.54) is 7.11 Å². The summed E-state index contributed by atoms with van der Waals surface area (Å²) >= 11 is 0. The first-order chi connectivity index (χ1) is 9.78. The largest absolute Gasteiger partial charge is 0.469 e. The molecule has 2 aliphatic rings. The summed E-state index contributed by atoms with van der Waals surface area (Å²) in [6.07, 6.45) is 4.43. The van der Waals surface area contributed by atoms with Crippen molar-refractivity contribution in [2.24, 2.45) is 17.8 Å². The molecule has 120 valence electrons. The minimum atomic E-state index is -3.40. The van der Waals surface area contributed by atoms with E-state index in [0.29, 0.717) is 0 Å². The van der Waals surface area contributed by atoms with Gasteiger partial charge in [0.2, 0.25) is 0 Å². The van der Waals surface area contributed by atoms with E-state index in [-0.39, 0.29) is 30.0 Å². The van der Waals surface area contributed by atoms with Crippen LogP contribution in [0.4, 0.5) is 0 Å². The Balaban J connectivity index is 2.35. The van der Waals surface area contributed by atoms with Crippen molar-refractivity contribution in [2.75, 3.05) is 7.11 Å². The van der Waals surface area contributed by atoms with Gasteiger partial charge in [-0.05, 0) is 46.0 Å². The smallest absolute Gasteiger partial charge is 0.335 e. The number of hydrogen-bond donors (Lipinski definition) is 0. The third-order valence-corrected chi connectivity index (χ3v) is 6.84. The van der Waals surface area contributed by atoms with Crippen molar-refractivity contribution in [3.05, 3.63) is 12.2 Å². The molecule has 6 heteroatoms. The molecule has 0 saturated heterocycles. The predicted octanol–water partition coefficient (Wildman–Crippen LogP) is 3.39. The van der Waals surface area contributed by atoms with E-state index in [4.69, 9.17) is 13.8 Å². The summed E-state index contributed by atoms with van der Waals surface area (Å²) in [6, 6.07) is 0. The highest BCUT2D eigenvalue weighted by atomic mass is 31.2. The average Bonchev–Trinajstić information content (AvgIpc) is 2.95. The number of carbonyl (C=O) groups excluding carboxylic acids is 1. The molecular formula is C15H25O5P. The number of hydrogen-bond acceptors (Lipinski definition) is 5. The van der Waals surface area contributed by atoms with Crippen LogP contribution in [0.2, 0.25) is 0 Å².